The summed E-state index contributed by atoms with van der Waals surface area (Å²) >= 11 is 0. The summed E-state index contributed by atoms with van der Waals surface area (Å²) in [6, 6.07) is 7.66. The summed E-state index contributed by atoms with van der Waals surface area (Å²) in [5.74, 6) is -1.10. The van der Waals surface area contributed by atoms with Crippen LogP contribution in [-0.2, 0) is 0 Å². The summed E-state index contributed by atoms with van der Waals surface area (Å²) in [5, 5.41) is 2.28. The first-order valence-corrected chi connectivity index (χ1v) is 7.45. The number of methoxy groups -OCH3 is 2. The van der Waals surface area contributed by atoms with Crippen molar-refractivity contribution < 1.29 is 27.5 Å². The highest BCUT2D eigenvalue weighted by Crippen LogP contribution is 2.33. The molecule has 134 valence electrons. The molecule has 6 nitrogen and oxygen atoms in total. The topological polar surface area (TPSA) is 73.6 Å². The molecule has 3 rings (SSSR count). The molecule has 0 spiro atoms. The molecule has 26 heavy (non-hydrogen) atoms. The van der Waals surface area contributed by atoms with Crippen molar-refractivity contribution in [1.29, 1.82) is 0 Å². The third-order valence-electron chi connectivity index (χ3n) is 3.60. The van der Waals surface area contributed by atoms with E-state index in [0.29, 0.717) is 17.1 Å². The largest absolute Gasteiger partial charge is 0.493 e. The molecule has 0 bridgehead atoms. The van der Waals surface area contributed by atoms with E-state index in [2.05, 4.69) is 10.3 Å². The Labute approximate surface area is 147 Å². The second kappa shape index (κ2) is 7.22. The molecule has 0 aliphatic heterocycles. The number of anilines is 1. The van der Waals surface area contributed by atoms with Crippen LogP contribution in [0.5, 0.6) is 11.5 Å². The van der Waals surface area contributed by atoms with Gasteiger partial charge in [-0.05, 0) is 30.3 Å². The zero-order valence-electron chi connectivity index (χ0n) is 13.9. The molecule has 1 heterocycles. The number of nitrogens with zero attached hydrogens (tertiary/aromatic N) is 1. The summed E-state index contributed by atoms with van der Waals surface area (Å²) in [6.45, 7) is 0. The van der Waals surface area contributed by atoms with Gasteiger partial charge in [0.2, 0.25) is 0 Å². The molecule has 8 heteroatoms. The highest BCUT2D eigenvalue weighted by Gasteiger charge is 2.21. The monoisotopic (exact) mass is 360 g/mol. The Balaban J connectivity index is 1.93. The van der Waals surface area contributed by atoms with Gasteiger partial charge in [-0.1, -0.05) is 0 Å². The van der Waals surface area contributed by atoms with Crippen molar-refractivity contribution in [2.45, 2.75) is 0 Å². The van der Waals surface area contributed by atoms with E-state index in [4.69, 9.17) is 13.9 Å². The zero-order valence-corrected chi connectivity index (χ0v) is 13.9. The molecule has 0 atom stereocenters. The molecule has 0 fully saturated rings. The zero-order chi connectivity index (χ0) is 18.7. The third kappa shape index (κ3) is 3.34. The second-order valence-corrected chi connectivity index (χ2v) is 5.18. The van der Waals surface area contributed by atoms with Crippen LogP contribution in [0.4, 0.5) is 14.5 Å². The minimum absolute atomic E-state index is 0.0825. The highest BCUT2D eigenvalue weighted by molar-refractivity contribution is 6.06. The molecule has 0 aliphatic rings. The smallest absolute Gasteiger partial charge is 0.278 e. The van der Waals surface area contributed by atoms with Gasteiger partial charge in [-0.3, -0.25) is 4.79 Å². The number of carbonyl (C=O) groups excluding carboxylic acids is 1. The van der Waals surface area contributed by atoms with Crippen LogP contribution in [0.2, 0.25) is 0 Å². The standard InChI is InChI=1S/C18H14F2N2O4/c1-24-14-6-3-10(7-15(14)25-2)17-16(21-9-26-17)18(23)22-13-8-11(19)4-5-12(13)20/h3-9H,1-2H3,(H,22,23). The number of hydrogen-bond acceptors (Lipinski definition) is 5. The van der Waals surface area contributed by atoms with Gasteiger partial charge in [-0.2, -0.15) is 0 Å². The molecular weight excluding hydrogens is 346 g/mol. The van der Waals surface area contributed by atoms with Crippen molar-refractivity contribution in [2.75, 3.05) is 19.5 Å². The van der Waals surface area contributed by atoms with E-state index in [-0.39, 0.29) is 17.1 Å². The first kappa shape index (κ1) is 17.4. The SMILES string of the molecule is COc1ccc(-c2ocnc2C(=O)Nc2cc(F)ccc2F)cc1OC. The maximum absolute atomic E-state index is 13.7. The second-order valence-electron chi connectivity index (χ2n) is 5.18. The lowest BCUT2D eigenvalue weighted by atomic mass is 10.1. The maximum Gasteiger partial charge on any atom is 0.278 e. The number of benzene rings is 2. The normalized spacial score (nSPS) is 10.5. The average molecular weight is 360 g/mol. The van der Waals surface area contributed by atoms with Crippen LogP contribution >= 0.6 is 0 Å². The summed E-state index contributed by atoms with van der Waals surface area (Å²) < 4.78 is 42.7. The minimum Gasteiger partial charge on any atom is -0.493 e. The molecule has 3 aromatic rings. The van der Waals surface area contributed by atoms with Crippen molar-refractivity contribution in [3.63, 3.8) is 0 Å². The molecule has 1 amide bonds. The number of oxazole rings is 1. The molecule has 0 saturated carbocycles. The average Bonchev–Trinajstić information content (AvgIpc) is 3.14. The van der Waals surface area contributed by atoms with Gasteiger partial charge in [0.15, 0.2) is 29.3 Å². The number of ether oxygens (including phenoxy) is 2. The van der Waals surface area contributed by atoms with Crippen LogP contribution in [-0.4, -0.2) is 25.1 Å². The van der Waals surface area contributed by atoms with Gasteiger partial charge in [0.05, 0.1) is 19.9 Å². The number of amides is 1. The fourth-order valence-electron chi connectivity index (χ4n) is 2.36. The Morgan fingerprint density at radius 3 is 2.58 bits per heavy atom. The van der Waals surface area contributed by atoms with Crippen molar-refractivity contribution in [1.82, 2.24) is 4.98 Å². The van der Waals surface area contributed by atoms with Crippen LogP contribution in [0.1, 0.15) is 10.5 Å². The lowest BCUT2D eigenvalue weighted by Gasteiger charge is -2.09. The number of halogens is 2. The Morgan fingerprint density at radius 2 is 1.85 bits per heavy atom. The molecule has 1 aromatic heterocycles. The van der Waals surface area contributed by atoms with Gasteiger partial charge < -0.3 is 19.2 Å². The molecule has 1 N–H and O–H groups in total. The summed E-state index contributed by atoms with van der Waals surface area (Å²) in [4.78, 5) is 16.3. The molecule has 0 unspecified atom stereocenters. The first-order chi connectivity index (χ1) is 12.5. The summed E-state index contributed by atoms with van der Waals surface area (Å²) in [6.07, 6.45) is 1.09. The predicted molar refractivity (Wildman–Crippen MR) is 89.4 cm³/mol. The van der Waals surface area contributed by atoms with Gasteiger partial charge in [0.25, 0.3) is 5.91 Å². The molecule has 0 radical (unpaired) electrons. The van der Waals surface area contributed by atoms with Crippen LogP contribution in [0.15, 0.2) is 47.2 Å². The van der Waals surface area contributed by atoms with Gasteiger partial charge in [-0.15, -0.1) is 0 Å². The lowest BCUT2D eigenvalue weighted by molar-refractivity contribution is 0.102. The molecule has 0 aliphatic carbocycles. The van der Waals surface area contributed by atoms with E-state index in [9.17, 15) is 13.6 Å². The molecular formula is C18H14F2N2O4. The Hall–Kier alpha value is -3.42. The molecule has 0 saturated heterocycles. The quantitative estimate of drug-likeness (QED) is 0.747. The Kier molecular flexibility index (Phi) is 4.83. The van der Waals surface area contributed by atoms with Crippen molar-refractivity contribution in [3.05, 3.63) is 60.1 Å². The number of aromatic nitrogens is 1. The fraction of sp³-hybridized carbons (Fsp3) is 0.111. The summed E-state index contributed by atoms with van der Waals surface area (Å²) in [7, 11) is 2.97. The van der Waals surface area contributed by atoms with Crippen LogP contribution in [0.3, 0.4) is 0 Å². The van der Waals surface area contributed by atoms with Crippen LogP contribution in [0, 0.1) is 11.6 Å². The van der Waals surface area contributed by atoms with E-state index >= 15 is 0 Å². The van der Waals surface area contributed by atoms with E-state index in [1.165, 1.54) is 14.2 Å². The van der Waals surface area contributed by atoms with Gasteiger partial charge in [0, 0.05) is 11.6 Å². The third-order valence-corrected chi connectivity index (χ3v) is 3.60. The highest BCUT2D eigenvalue weighted by atomic mass is 19.1. The Morgan fingerprint density at radius 1 is 1.08 bits per heavy atom. The van der Waals surface area contributed by atoms with Crippen molar-refractivity contribution in [2.24, 2.45) is 0 Å². The number of rotatable bonds is 5. The van der Waals surface area contributed by atoms with E-state index in [1.54, 1.807) is 18.2 Å². The van der Waals surface area contributed by atoms with Crippen molar-refractivity contribution >= 4 is 11.6 Å². The van der Waals surface area contributed by atoms with E-state index < -0.39 is 17.5 Å². The fourth-order valence-corrected chi connectivity index (χ4v) is 2.36. The van der Waals surface area contributed by atoms with Gasteiger partial charge >= 0.3 is 0 Å². The number of carbonyl (C=O) groups is 1. The maximum atomic E-state index is 13.7. The van der Waals surface area contributed by atoms with Crippen LogP contribution < -0.4 is 14.8 Å². The van der Waals surface area contributed by atoms with E-state index in [0.717, 1.165) is 24.6 Å². The predicted octanol–water partition coefficient (Wildman–Crippen LogP) is 3.89. The van der Waals surface area contributed by atoms with E-state index in [1.807, 2.05) is 0 Å². The van der Waals surface area contributed by atoms with Gasteiger partial charge in [0.1, 0.15) is 11.6 Å². The minimum atomic E-state index is -0.768. The number of hydrogen-bond donors (Lipinski definition) is 1. The first-order valence-electron chi connectivity index (χ1n) is 7.45. The lowest BCUT2D eigenvalue weighted by Crippen LogP contribution is -2.14. The number of nitrogens with one attached hydrogen (secondary N) is 1. The van der Waals surface area contributed by atoms with Crippen molar-refractivity contribution in [3.8, 4) is 22.8 Å². The van der Waals surface area contributed by atoms with Gasteiger partial charge in [-0.25, -0.2) is 13.8 Å². The summed E-state index contributed by atoms with van der Waals surface area (Å²) in [5.41, 5.74) is 0.127. The Bertz CT molecular complexity index is 956. The molecule has 2 aromatic carbocycles. The van der Waals surface area contributed by atoms with Crippen LogP contribution in [0.25, 0.3) is 11.3 Å².